The highest BCUT2D eigenvalue weighted by Crippen LogP contribution is 2.28. The minimum absolute atomic E-state index is 0.268. The third-order valence-corrected chi connectivity index (χ3v) is 6.59. The number of nitrogens with zero attached hydrogens (tertiary/aromatic N) is 1. The van der Waals surface area contributed by atoms with Crippen molar-refractivity contribution in [3.05, 3.63) is 0 Å². The van der Waals surface area contributed by atoms with Gasteiger partial charge in [-0.25, -0.2) is 8.42 Å². The number of rotatable bonds is 6. The molecule has 5 heteroatoms. The van der Waals surface area contributed by atoms with Crippen LogP contribution < -0.4 is 5.32 Å². The Bertz CT molecular complexity index is 383. The lowest BCUT2D eigenvalue weighted by Gasteiger charge is -2.32. The number of nitrogens with one attached hydrogen (secondary N) is 1. The fourth-order valence-corrected chi connectivity index (χ4v) is 5.79. The summed E-state index contributed by atoms with van der Waals surface area (Å²) in [5, 5.41) is 3.31. The van der Waals surface area contributed by atoms with Crippen molar-refractivity contribution in [2.45, 2.75) is 58.4 Å². The van der Waals surface area contributed by atoms with Crippen LogP contribution in [0, 0.1) is 11.8 Å². The molecule has 20 heavy (non-hydrogen) atoms. The van der Waals surface area contributed by atoms with Crippen molar-refractivity contribution < 1.29 is 8.42 Å². The summed E-state index contributed by atoms with van der Waals surface area (Å²) in [4.78, 5) is 0. The van der Waals surface area contributed by atoms with Gasteiger partial charge in [-0.3, -0.25) is 0 Å². The van der Waals surface area contributed by atoms with Crippen LogP contribution in [0.2, 0.25) is 0 Å². The summed E-state index contributed by atoms with van der Waals surface area (Å²) in [5.74, 6) is 1.11. The Hall–Kier alpha value is -0.130. The molecule has 118 valence electrons. The first-order valence-corrected chi connectivity index (χ1v) is 9.80. The molecule has 2 rings (SSSR count). The third-order valence-electron chi connectivity index (χ3n) is 4.54. The highest BCUT2D eigenvalue weighted by atomic mass is 32.2. The monoisotopic (exact) mass is 302 g/mol. The van der Waals surface area contributed by atoms with Gasteiger partial charge in [-0.1, -0.05) is 26.7 Å². The van der Waals surface area contributed by atoms with Crippen molar-refractivity contribution in [3.63, 3.8) is 0 Å². The zero-order chi connectivity index (χ0) is 14.6. The van der Waals surface area contributed by atoms with E-state index in [9.17, 15) is 8.42 Å². The van der Waals surface area contributed by atoms with E-state index >= 15 is 0 Å². The van der Waals surface area contributed by atoms with Crippen molar-refractivity contribution >= 4 is 10.0 Å². The van der Waals surface area contributed by atoms with Crippen LogP contribution in [0.4, 0.5) is 0 Å². The largest absolute Gasteiger partial charge is 0.317 e. The lowest BCUT2D eigenvalue weighted by atomic mass is 10.0. The first-order chi connectivity index (χ1) is 9.49. The molecule has 1 aliphatic heterocycles. The Morgan fingerprint density at radius 1 is 1.10 bits per heavy atom. The summed E-state index contributed by atoms with van der Waals surface area (Å²) in [7, 11) is -3.09. The van der Waals surface area contributed by atoms with Crippen molar-refractivity contribution in [1.29, 1.82) is 0 Å². The Morgan fingerprint density at radius 3 is 2.25 bits per heavy atom. The van der Waals surface area contributed by atoms with E-state index < -0.39 is 10.0 Å². The maximum Gasteiger partial charge on any atom is 0.214 e. The third kappa shape index (κ3) is 4.43. The molecule has 0 spiro atoms. The molecule has 1 heterocycles. The molecular formula is C15H30N2O2S. The van der Waals surface area contributed by atoms with E-state index in [0.29, 0.717) is 24.1 Å². The van der Waals surface area contributed by atoms with Crippen LogP contribution in [0.3, 0.4) is 0 Å². The molecule has 0 radical (unpaired) electrons. The number of hydrogen-bond acceptors (Lipinski definition) is 3. The van der Waals surface area contributed by atoms with E-state index in [1.165, 1.54) is 12.8 Å². The molecule has 1 saturated carbocycles. The zero-order valence-corrected chi connectivity index (χ0v) is 13.8. The van der Waals surface area contributed by atoms with Crippen molar-refractivity contribution in [1.82, 2.24) is 9.62 Å². The van der Waals surface area contributed by atoms with Crippen molar-refractivity contribution in [2.24, 2.45) is 11.8 Å². The number of sulfonamides is 1. The summed E-state index contributed by atoms with van der Waals surface area (Å²) < 4.78 is 27.5. The molecule has 0 aromatic carbocycles. The molecule has 1 N–H and O–H groups in total. The average molecular weight is 302 g/mol. The maximum absolute atomic E-state index is 12.8. The summed E-state index contributed by atoms with van der Waals surface area (Å²) in [6.45, 7) is 6.85. The molecule has 4 nitrogen and oxygen atoms in total. The smallest absolute Gasteiger partial charge is 0.214 e. The van der Waals surface area contributed by atoms with Crippen LogP contribution in [0.5, 0.6) is 0 Å². The molecule has 2 fully saturated rings. The number of hydrogen-bond donors (Lipinski definition) is 1. The van der Waals surface area contributed by atoms with Gasteiger partial charge >= 0.3 is 0 Å². The van der Waals surface area contributed by atoms with Crippen LogP contribution in [0.25, 0.3) is 0 Å². The number of piperidine rings is 1. The lowest BCUT2D eigenvalue weighted by molar-refractivity contribution is 0.287. The second kappa shape index (κ2) is 7.23. The minimum atomic E-state index is -3.09. The summed E-state index contributed by atoms with van der Waals surface area (Å²) in [6.07, 6.45) is 6.47. The van der Waals surface area contributed by atoms with E-state index in [-0.39, 0.29) is 6.04 Å². The molecule has 0 unspecified atom stereocenters. The molecule has 0 atom stereocenters. The van der Waals surface area contributed by atoms with Crippen LogP contribution in [-0.2, 0) is 10.0 Å². The maximum atomic E-state index is 12.8. The quantitative estimate of drug-likeness (QED) is 0.818. The van der Waals surface area contributed by atoms with Crippen LogP contribution in [-0.4, -0.2) is 44.2 Å². The van der Waals surface area contributed by atoms with Gasteiger partial charge in [0, 0.05) is 12.6 Å². The predicted molar refractivity (Wildman–Crippen MR) is 83.2 cm³/mol. The first kappa shape index (κ1) is 16.2. The molecule has 0 amide bonds. The Morgan fingerprint density at radius 2 is 1.70 bits per heavy atom. The summed E-state index contributed by atoms with van der Waals surface area (Å²) in [6, 6.07) is 0.268. The van der Waals surface area contributed by atoms with Crippen LogP contribution in [0.1, 0.15) is 52.4 Å². The second-order valence-electron chi connectivity index (χ2n) is 6.87. The van der Waals surface area contributed by atoms with Gasteiger partial charge in [-0.15, -0.1) is 0 Å². The van der Waals surface area contributed by atoms with Crippen molar-refractivity contribution in [2.75, 3.05) is 25.4 Å². The first-order valence-electron chi connectivity index (χ1n) is 8.19. The van der Waals surface area contributed by atoms with E-state index in [0.717, 1.165) is 38.8 Å². The molecule has 0 aromatic heterocycles. The Labute approximate surface area is 124 Å². The summed E-state index contributed by atoms with van der Waals surface area (Å²) in [5.41, 5.74) is 0. The van der Waals surface area contributed by atoms with Crippen LogP contribution in [0.15, 0.2) is 0 Å². The summed E-state index contributed by atoms with van der Waals surface area (Å²) >= 11 is 0. The minimum Gasteiger partial charge on any atom is -0.317 e. The topological polar surface area (TPSA) is 49.4 Å². The van der Waals surface area contributed by atoms with E-state index in [1.54, 1.807) is 0 Å². The Balaban J connectivity index is 2.04. The van der Waals surface area contributed by atoms with Crippen molar-refractivity contribution in [3.8, 4) is 0 Å². The van der Waals surface area contributed by atoms with Gasteiger partial charge in [0.15, 0.2) is 0 Å². The second-order valence-corrected chi connectivity index (χ2v) is 8.84. The molecule has 1 saturated heterocycles. The molecular weight excluding hydrogens is 272 g/mol. The molecule has 1 aliphatic carbocycles. The van der Waals surface area contributed by atoms with E-state index in [2.05, 4.69) is 19.2 Å². The fourth-order valence-electron chi connectivity index (χ4n) is 3.48. The predicted octanol–water partition coefficient (Wildman–Crippen LogP) is 2.22. The standard InChI is InChI=1S/C15H30N2O2S/c1-13(2)11-17(15-5-3-4-6-15)20(18,19)12-14-7-9-16-10-8-14/h13-16H,3-12H2,1-2H3. The highest BCUT2D eigenvalue weighted by Gasteiger charge is 2.34. The average Bonchev–Trinajstić information content (AvgIpc) is 2.89. The fraction of sp³-hybridized carbons (Fsp3) is 1.00. The van der Waals surface area contributed by atoms with Crippen LogP contribution >= 0.6 is 0 Å². The van der Waals surface area contributed by atoms with Gasteiger partial charge in [-0.2, -0.15) is 4.31 Å². The normalized spacial score (nSPS) is 23.0. The van der Waals surface area contributed by atoms with Gasteiger partial charge in [0.25, 0.3) is 0 Å². The SMILES string of the molecule is CC(C)CN(C1CCCC1)S(=O)(=O)CC1CCNCC1. The van der Waals surface area contributed by atoms with Gasteiger partial charge in [-0.05, 0) is 50.6 Å². The van der Waals surface area contributed by atoms with Gasteiger partial charge < -0.3 is 5.32 Å². The molecule has 2 aliphatic rings. The highest BCUT2D eigenvalue weighted by molar-refractivity contribution is 7.89. The van der Waals surface area contributed by atoms with Gasteiger partial charge in [0.05, 0.1) is 5.75 Å². The van der Waals surface area contributed by atoms with Gasteiger partial charge in [0.1, 0.15) is 0 Å². The molecule has 0 aromatic rings. The van der Waals surface area contributed by atoms with E-state index in [4.69, 9.17) is 0 Å². The molecule has 0 bridgehead atoms. The zero-order valence-electron chi connectivity index (χ0n) is 13.0. The van der Waals surface area contributed by atoms with Gasteiger partial charge in [0.2, 0.25) is 10.0 Å². The van der Waals surface area contributed by atoms with E-state index in [1.807, 2.05) is 4.31 Å². The lowest BCUT2D eigenvalue weighted by Crippen LogP contribution is -2.44. The Kier molecular flexibility index (Phi) is 5.87.